The van der Waals surface area contributed by atoms with Crippen molar-refractivity contribution in [1.82, 2.24) is 10.2 Å². The van der Waals surface area contributed by atoms with Crippen LogP contribution < -0.4 is 5.32 Å². The Hall–Kier alpha value is -1.65. The number of carbonyl (C=O) groups is 1. The van der Waals surface area contributed by atoms with E-state index in [1.165, 1.54) is 5.56 Å². The minimum atomic E-state index is 0.151. The Balaban J connectivity index is 1.56. The van der Waals surface area contributed by atoms with E-state index >= 15 is 0 Å². The molecule has 1 atom stereocenters. The number of likely N-dealkylation sites (tertiary alicyclic amines) is 1. The third-order valence-corrected chi connectivity index (χ3v) is 4.64. The second-order valence-corrected chi connectivity index (χ2v) is 6.25. The molecule has 110 valence electrons. The molecule has 1 fully saturated rings. The van der Waals surface area contributed by atoms with Crippen LogP contribution in [0.3, 0.4) is 0 Å². The van der Waals surface area contributed by atoms with Crippen LogP contribution in [-0.4, -0.2) is 29.9 Å². The molecule has 2 heterocycles. The van der Waals surface area contributed by atoms with Gasteiger partial charge in [-0.3, -0.25) is 4.79 Å². The standard InChI is InChI=1S/C17H20N2OS/c20-17(15-5-2-1-3-6-15)19-9-4-7-16(12-19)18-11-14-8-10-21-13-14/h1-3,5-6,8,10,13,16,18H,4,7,9,11-12H2/t16-/m1/s1. The number of hydrogen-bond donors (Lipinski definition) is 1. The molecule has 1 aliphatic rings. The Morgan fingerprint density at radius 3 is 2.90 bits per heavy atom. The summed E-state index contributed by atoms with van der Waals surface area (Å²) >= 11 is 1.72. The Kier molecular flexibility index (Phi) is 4.68. The minimum absolute atomic E-state index is 0.151. The first-order valence-corrected chi connectivity index (χ1v) is 8.36. The lowest BCUT2D eigenvalue weighted by molar-refractivity contribution is 0.0694. The summed E-state index contributed by atoms with van der Waals surface area (Å²) in [7, 11) is 0. The molecule has 1 amide bonds. The van der Waals surface area contributed by atoms with Gasteiger partial charge in [0.05, 0.1) is 0 Å². The van der Waals surface area contributed by atoms with Crippen LogP contribution in [0.1, 0.15) is 28.8 Å². The van der Waals surface area contributed by atoms with Crippen molar-refractivity contribution in [3.63, 3.8) is 0 Å². The molecule has 21 heavy (non-hydrogen) atoms. The van der Waals surface area contributed by atoms with E-state index < -0.39 is 0 Å². The van der Waals surface area contributed by atoms with Gasteiger partial charge in [-0.1, -0.05) is 18.2 Å². The molecular weight excluding hydrogens is 280 g/mol. The highest BCUT2D eigenvalue weighted by Gasteiger charge is 2.23. The van der Waals surface area contributed by atoms with Gasteiger partial charge in [-0.15, -0.1) is 0 Å². The Morgan fingerprint density at radius 1 is 1.29 bits per heavy atom. The van der Waals surface area contributed by atoms with E-state index in [0.717, 1.165) is 38.0 Å². The van der Waals surface area contributed by atoms with Gasteiger partial charge in [0.15, 0.2) is 0 Å². The average molecular weight is 300 g/mol. The molecule has 1 N–H and O–H groups in total. The van der Waals surface area contributed by atoms with Crippen LogP contribution in [0.15, 0.2) is 47.2 Å². The highest BCUT2D eigenvalue weighted by molar-refractivity contribution is 7.07. The second kappa shape index (κ2) is 6.87. The van der Waals surface area contributed by atoms with Crippen molar-refractivity contribution in [1.29, 1.82) is 0 Å². The summed E-state index contributed by atoms with van der Waals surface area (Å²) in [5.74, 6) is 0.151. The van der Waals surface area contributed by atoms with Crippen molar-refractivity contribution in [2.45, 2.75) is 25.4 Å². The van der Waals surface area contributed by atoms with Crippen molar-refractivity contribution >= 4 is 17.2 Å². The highest BCUT2D eigenvalue weighted by Crippen LogP contribution is 2.15. The Morgan fingerprint density at radius 2 is 2.14 bits per heavy atom. The quantitative estimate of drug-likeness (QED) is 0.941. The summed E-state index contributed by atoms with van der Waals surface area (Å²) in [4.78, 5) is 14.5. The summed E-state index contributed by atoms with van der Waals surface area (Å²) in [6.07, 6.45) is 2.21. The fourth-order valence-corrected chi connectivity index (χ4v) is 3.42. The third kappa shape index (κ3) is 3.71. The molecule has 0 spiro atoms. The van der Waals surface area contributed by atoms with Crippen LogP contribution >= 0.6 is 11.3 Å². The first-order chi connectivity index (χ1) is 10.3. The van der Waals surface area contributed by atoms with Gasteiger partial charge in [-0.2, -0.15) is 11.3 Å². The molecule has 0 aliphatic carbocycles. The van der Waals surface area contributed by atoms with Gasteiger partial charge in [0, 0.05) is 31.2 Å². The average Bonchev–Trinajstić information content (AvgIpc) is 3.07. The maximum Gasteiger partial charge on any atom is 0.253 e. The van der Waals surface area contributed by atoms with E-state index in [2.05, 4.69) is 22.1 Å². The Labute approximate surface area is 129 Å². The molecule has 1 aromatic carbocycles. The number of benzene rings is 1. The normalized spacial score (nSPS) is 18.7. The highest BCUT2D eigenvalue weighted by atomic mass is 32.1. The summed E-state index contributed by atoms with van der Waals surface area (Å²) in [6.45, 7) is 2.56. The second-order valence-electron chi connectivity index (χ2n) is 5.47. The molecule has 4 heteroatoms. The van der Waals surface area contributed by atoms with Gasteiger partial charge >= 0.3 is 0 Å². The predicted molar refractivity (Wildman–Crippen MR) is 86.5 cm³/mol. The maximum absolute atomic E-state index is 12.5. The molecule has 3 nitrogen and oxygen atoms in total. The molecule has 0 saturated carbocycles. The summed E-state index contributed by atoms with van der Waals surface area (Å²) in [5, 5.41) is 7.84. The molecule has 0 bridgehead atoms. The largest absolute Gasteiger partial charge is 0.337 e. The Bertz CT molecular complexity index is 568. The number of carbonyl (C=O) groups excluding carboxylic acids is 1. The molecule has 1 aromatic heterocycles. The van der Waals surface area contributed by atoms with Crippen LogP contribution in [0, 0.1) is 0 Å². The van der Waals surface area contributed by atoms with E-state index in [4.69, 9.17) is 0 Å². The van der Waals surface area contributed by atoms with E-state index in [1.807, 2.05) is 35.2 Å². The number of thiophene rings is 1. The van der Waals surface area contributed by atoms with E-state index in [1.54, 1.807) is 11.3 Å². The summed E-state index contributed by atoms with van der Waals surface area (Å²) in [6, 6.07) is 12.1. The first kappa shape index (κ1) is 14.3. The van der Waals surface area contributed by atoms with Crippen LogP contribution in [0.2, 0.25) is 0 Å². The fraction of sp³-hybridized carbons (Fsp3) is 0.353. The monoisotopic (exact) mass is 300 g/mol. The van der Waals surface area contributed by atoms with Crippen molar-refractivity contribution < 1.29 is 4.79 Å². The smallest absolute Gasteiger partial charge is 0.253 e. The van der Waals surface area contributed by atoms with Crippen LogP contribution in [0.25, 0.3) is 0 Å². The molecule has 1 saturated heterocycles. The lowest BCUT2D eigenvalue weighted by Gasteiger charge is -2.33. The molecule has 3 rings (SSSR count). The van der Waals surface area contributed by atoms with Crippen LogP contribution in [0.5, 0.6) is 0 Å². The molecule has 2 aromatic rings. The van der Waals surface area contributed by atoms with Gasteiger partial charge in [0.25, 0.3) is 5.91 Å². The molecular formula is C17H20N2OS. The number of piperidine rings is 1. The number of nitrogens with zero attached hydrogens (tertiary/aromatic N) is 1. The van der Waals surface area contributed by atoms with Gasteiger partial charge in [0.2, 0.25) is 0 Å². The zero-order valence-corrected chi connectivity index (χ0v) is 12.8. The van der Waals surface area contributed by atoms with Gasteiger partial charge in [-0.05, 0) is 47.4 Å². The zero-order chi connectivity index (χ0) is 14.5. The van der Waals surface area contributed by atoms with Gasteiger partial charge in [-0.25, -0.2) is 0 Å². The summed E-state index contributed by atoms with van der Waals surface area (Å²) in [5.41, 5.74) is 2.11. The van der Waals surface area contributed by atoms with Crippen LogP contribution in [0.4, 0.5) is 0 Å². The lowest BCUT2D eigenvalue weighted by atomic mass is 10.0. The third-order valence-electron chi connectivity index (χ3n) is 3.90. The lowest BCUT2D eigenvalue weighted by Crippen LogP contribution is -2.47. The maximum atomic E-state index is 12.5. The van der Waals surface area contributed by atoms with Crippen molar-refractivity contribution in [2.75, 3.05) is 13.1 Å². The fourth-order valence-electron chi connectivity index (χ4n) is 2.75. The van der Waals surface area contributed by atoms with E-state index in [-0.39, 0.29) is 5.91 Å². The van der Waals surface area contributed by atoms with Gasteiger partial charge < -0.3 is 10.2 Å². The zero-order valence-electron chi connectivity index (χ0n) is 12.0. The SMILES string of the molecule is O=C(c1ccccc1)N1CCC[C@@H](NCc2ccsc2)C1. The minimum Gasteiger partial charge on any atom is -0.337 e. The van der Waals surface area contributed by atoms with Gasteiger partial charge in [0.1, 0.15) is 0 Å². The molecule has 0 unspecified atom stereocenters. The number of hydrogen-bond acceptors (Lipinski definition) is 3. The van der Waals surface area contributed by atoms with E-state index in [0.29, 0.717) is 6.04 Å². The van der Waals surface area contributed by atoms with Crippen LogP contribution in [-0.2, 0) is 6.54 Å². The first-order valence-electron chi connectivity index (χ1n) is 7.42. The van der Waals surface area contributed by atoms with E-state index in [9.17, 15) is 4.79 Å². The summed E-state index contributed by atoms with van der Waals surface area (Å²) < 4.78 is 0. The number of nitrogens with one attached hydrogen (secondary N) is 1. The molecule has 0 radical (unpaired) electrons. The molecule has 1 aliphatic heterocycles. The van der Waals surface area contributed by atoms with Crippen molar-refractivity contribution in [3.8, 4) is 0 Å². The van der Waals surface area contributed by atoms with Crippen molar-refractivity contribution in [3.05, 3.63) is 58.3 Å². The number of rotatable bonds is 4. The predicted octanol–water partition coefficient (Wildman–Crippen LogP) is 3.14. The van der Waals surface area contributed by atoms with Crippen molar-refractivity contribution in [2.24, 2.45) is 0 Å². The topological polar surface area (TPSA) is 32.3 Å². The number of amides is 1.